The Morgan fingerprint density at radius 1 is 1.19 bits per heavy atom. The van der Waals surface area contributed by atoms with Crippen LogP contribution in [0.3, 0.4) is 0 Å². The molecular weight excluding hydrogens is 202 g/mol. The SMILES string of the molecule is CC(C)(C)C(=N)N1CCCN(CCO)CC1. The van der Waals surface area contributed by atoms with Gasteiger partial charge < -0.3 is 10.0 Å². The number of rotatable bonds is 2. The smallest absolute Gasteiger partial charge is 0.101 e. The average molecular weight is 227 g/mol. The van der Waals surface area contributed by atoms with Gasteiger partial charge in [0.1, 0.15) is 5.84 Å². The summed E-state index contributed by atoms with van der Waals surface area (Å²) in [5.74, 6) is 0.735. The minimum Gasteiger partial charge on any atom is -0.395 e. The summed E-state index contributed by atoms with van der Waals surface area (Å²) in [5, 5.41) is 17.1. The number of aliphatic hydroxyl groups is 1. The Kier molecular flexibility index (Phi) is 4.74. The maximum atomic E-state index is 8.92. The molecule has 0 spiro atoms. The summed E-state index contributed by atoms with van der Waals surface area (Å²) in [7, 11) is 0. The highest BCUT2D eigenvalue weighted by atomic mass is 16.3. The zero-order valence-corrected chi connectivity index (χ0v) is 10.8. The predicted molar refractivity (Wildman–Crippen MR) is 66.9 cm³/mol. The third-order valence-corrected chi connectivity index (χ3v) is 3.03. The Labute approximate surface area is 98.7 Å². The summed E-state index contributed by atoms with van der Waals surface area (Å²) < 4.78 is 0. The van der Waals surface area contributed by atoms with Crippen molar-refractivity contribution in [2.75, 3.05) is 39.3 Å². The summed E-state index contributed by atoms with van der Waals surface area (Å²) in [4.78, 5) is 4.45. The Morgan fingerprint density at radius 2 is 1.88 bits per heavy atom. The lowest BCUT2D eigenvalue weighted by atomic mass is 9.94. The first kappa shape index (κ1) is 13.5. The van der Waals surface area contributed by atoms with E-state index in [9.17, 15) is 0 Å². The summed E-state index contributed by atoms with van der Waals surface area (Å²) in [6.45, 7) is 11.1. The van der Waals surface area contributed by atoms with Crippen molar-refractivity contribution >= 4 is 5.84 Å². The Morgan fingerprint density at radius 3 is 2.44 bits per heavy atom. The van der Waals surface area contributed by atoms with Crippen molar-refractivity contribution in [1.29, 1.82) is 5.41 Å². The second-order valence-corrected chi connectivity index (χ2v) is 5.50. The summed E-state index contributed by atoms with van der Waals surface area (Å²) in [6, 6.07) is 0. The van der Waals surface area contributed by atoms with Gasteiger partial charge in [-0.15, -0.1) is 0 Å². The van der Waals surface area contributed by atoms with Gasteiger partial charge in [0, 0.05) is 31.6 Å². The number of nitrogens with zero attached hydrogens (tertiary/aromatic N) is 2. The predicted octanol–water partition coefficient (Wildman–Crippen LogP) is 1.01. The lowest BCUT2D eigenvalue weighted by Crippen LogP contribution is -2.41. The van der Waals surface area contributed by atoms with Gasteiger partial charge >= 0.3 is 0 Å². The van der Waals surface area contributed by atoms with E-state index in [-0.39, 0.29) is 12.0 Å². The minimum atomic E-state index is -0.0633. The van der Waals surface area contributed by atoms with Crippen molar-refractivity contribution in [1.82, 2.24) is 9.80 Å². The van der Waals surface area contributed by atoms with Crippen LogP contribution in [-0.4, -0.2) is 60.1 Å². The fraction of sp³-hybridized carbons (Fsp3) is 0.917. The van der Waals surface area contributed by atoms with Crippen LogP contribution in [-0.2, 0) is 0 Å². The van der Waals surface area contributed by atoms with Crippen LogP contribution in [0.5, 0.6) is 0 Å². The molecule has 1 aliphatic rings. The fourth-order valence-electron chi connectivity index (χ4n) is 2.03. The van der Waals surface area contributed by atoms with Crippen molar-refractivity contribution in [3.05, 3.63) is 0 Å². The molecule has 0 saturated carbocycles. The van der Waals surface area contributed by atoms with E-state index in [1.807, 2.05) is 0 Å². The van der Waals surface area contributed by atoms with Crippen molar-refractivity contribution in [3.63, 3.8) is 0 Å². The molecule has 2 N–H and O–H groups in total. The zero-order chi connectivity index (χ0) is 12.2. The highest BCUT2D eigenvalue weighted by Crippen LogP contribution is 2.18. The van der Waals surface area contributed by atoms with Crippen LogP contribution >= 0.6 is 0 Å². The molecule has 0 aliphatic carbocycles. The van der Waals surface area contributed by atoms with Crippen LogP contribution in [0.25, 0.3) is 0 Å². The van der Waals surface area contributed by atoms with E-state index in [2.05, 4.69) is 30.6 Å². The molecule has 94 valence electrons. The molecule has 1 rings (SSSR count). The molecule has 0 bridgehead atoms. The maximum absolute atomic E-state index is 8.92. The topological polar surface area (TPSA) is 50.6 Å². The third-order valence-electron chi connectivity index (χ3n) is 3.03. The highest BCUT2D eigenvalue weighted by Gasteiger charge is 2.24. The molecule has 0 aromatic carbocycles. The van der Waals surface area contributed by atoms with Gasteiger partial charge in [-0.1, -0.05) is 20.8 Å². The zero-order valence-electron chi connectivity index (χ0n) is 10.8. The van der Waals surface area contributed by atoms with Crippen molar-refractivity contribution < 1.29 is 5.11 Å². The Balaban J connectivity index is 2.50. The average Bonchev–Trinajstić information content (AvgIpc) is 2.41. The van der Waals surface area contributed by atoms with Gasteiger partial charge in [0.2, 0.25) is 0 Å². The second kappa shape index (κ2) is 5.64. The van der Waals surface area contributed by atoms with Crippen molar-refractivity contribution in [2.45, 2.75) is 27.2 Å². The molecular formula is C12H25N3O. The second-order valence-electron chi connectivity index (χ2n) is 5.50. The van der Waals surface area contributed by atoms with Crippen LogP contribution in [0.2, 0.25) is 0 Å². The van der Waals surface area contributed by atoms with E-state index in [4.69, 9.17) is 10.5 Å². The molecule has 0 radical (unpaired) electrons. The Bertz CT molecular complexity index is 235. The molecule has 0 aromatic rings. The molecule has 1 aliphatic heterocycles. The fourth-order valence-corrected chi connectivity index (χ4v) is 2.03. The third kappa shape index (κ3) is 3.76. The van der Waals surface area contributed by atoms with Crippen LogP contribution in [0.15, 0.2) is 0 Å². The van der Waals surface area contributed by atoms with Gasteiger partial charge in [0.25, 0.3) is 0 Å². The first-order chi connectivity index (χ1) is 7.45. The van der Waals surface area contributed by atoms with Gasteiger partial charge in [0.05, 0.1) is 6.61 Å². The molecule has 16 heavy (non-hydrogen) atoms. The van der Waals surface area contributed by atoms with Gasteiger partial charge in [-0.25, -0.2) is 0 Å². The van der Waals surface area contributed by atoms with E-state index in [0.29, 0.717) is 0 Å². The summed E-state index contributed by atoms with van der Waals surface area (Å²) in [6.07, 6.45) is 1.08. The largest absolute Gasteiger partial charge is 0.395 e. The van der Waals surface area contributed by atoms with Crippen LogP contribution < -0.4 is 0 Å². The minimum absolute atomic E-state index is 0.0633. The number of hydrogen-bond donors (Lipinski definition) is 2. The monoisotopic (exact) mass is 227 g/mol. The van der Waals surface area contributed by atoms with E-state index < -0.39 is 0 Å². The summed E-state index contributed by atoms with van der Waals surface area (Å²) >= 11 is 0. The molecule has 1 heterocycles. The number of β-amino-alcohol motifs (C(OH)–C–C–N with tert-alkyl or cyclic N) is 1. The van der Waals surface area contributed by atoms with Gasteiger partial charge in [-0.2, -0.15) is 0 Å². The van der Waals surface area contributed by atoms with Crippen molar-refractivity contribution in [3.8, 4) is 0 Å². The van der Waals surface area contributed by atoms with Crippen LogP contribution in [0.4, 0.5) is 0 Å². The molecule has 0 aromatic heterocycles. The molecule has 0 unspecified atom stereocenters. The first-order valence-electron chi connectivity index (χ1n) is 6.12. The molecule has 4 heteroatoms. The molecule has 0 amide bonds. The van der Waals surface area contributed by atoms with E-state index in [1.165, 1.54) is 0 Å². The van der Waals surface area contributed by atoms with E-state index in [1.54, 1.807) is 0 Å². The quantitative estimate of drug-likeness (QED) is 0.547. The maximum Gasteiger partial charge on any atom is 0.101 e. The van der Waals surface area contributed by atoms with Crippen molar-refractivity contribution in [2.24, 2.45) is 5.41 Å². The number of amidine groups is 1. The van der Waals surface area contributed by atoms with Crippen LogP contribution in [0, 0.1) is 10.8 Å². The van der Waals surface area contributed by atoms with Gasteiger partial charge in [0.15, 0.2) is 0 Å². The number of aliphatic hydroxyl groups excluding tert-OH is 1. The standard InChI is InChI=1S/C12H25N3O/c1-12(2,3)11(13)15-6-4-5-14(7-8-15)9-10-16/h13,16H,4-10H2,1-3H3. The lowest BCUT2D eigenvalue weighted by molar-refractivity contribution is 0.201. The van der Waals surface area contributed by atoms with E-state index in [0.717, 1.165) is 45.0 Å². The number of nitrogens with one attached hydrogen (secondary N) is 1. The molecule has 0 atom stereocenters. The molecule has 1 saturated heterocycles. The van der Waals surface area contributed by atoms with Gasteiger partial charge in [-0.3, -0.25) is 10.3 Å². The van der Waals surface area contributed by atoms with Crippen LogP contribution in [0.1, 0.15) is 27.2 Å². The highest BCUT2D eigenvalue weighted by molar-refractivity contribution is 5.84. The molecule has 4 nitrogen and oxygen atoms in total. The first-order valence-corrected chi connectivity index (χ1v) is 6.12. The Hall–Kier alpha value is -0.610. The molecule has 1 fully saturated rings. The summed E-state index contributed by atoms with van der Waals surface area (Å²) in [5.41, 5.74) is -0.0633. The van der Waals surface area contributed by atoms with E-state index >= 15 is 0 Å². The number of hydrogen-bond acceptors (Lipinski definition) is 3. The van der Waals surface area contributed by atoms with Gasteiger partial charge in [-0.05, 0) is 13.0 Å². The lowest BCUT2D eigenvalue weighted by Gasteiger charge is -2.31. The normalized spacial score (nSPS) is 19.6.